The van der Waals surface area contributed by atoms with E-state index in [0.717, 1.165) is 44.5 Å². The van der Waals surface area contributed by atoms with Gasteiger partial charge in [-0.15, -0.1) is 92.8 Å². The standard InChI is InChI=1S/2C24H21N3O6.4CH2Cl2/c2*25-20-10-9-14(12-22(20)27(31)32)11-21(23(28)29)26-24(30)33-13-19-17-7-3-1-5-15(17)16-6-2-4-8-18(16)19;4*2-1-3/h2*1-10,12,19,21H,11,13,25H2,(H,26,30)(H,28,29);4*1H2/t2*21-;;;;/m00..../s1. The number of ether oxygens (including phenoxy) is 2. The Kier molecular flexibility index (Phi) is 29.0. The number of alkyl halides is 8. The van der Waals surface area contributed by atoms with Crippen LogP contribution in [0.2, 0.25) is 0 Å². The Hall–Kier alpha value is -6.48. The van der Waals surface area contributed by atoms with Gasteiger partial charge in [-0.25, -0.2) is 19.2 Å². The molecule has 6 aromatic carbocycles. The van der Waals surface area contributed by atoms with Crippen molar-refractivity contribution in [1.29, 1.82) is 0 Å². The van der Waals surface area contributed by atoms with Gasteiger partial charge in [-0.3, -0.25) is 20.2 Å². The fourth-order valence-electron chi connectivity index (χ4n) is 8.18. The summed E-state index contributed by atoms with van der Waals surface area (Å²) in [6.45, 7) is 0.0824. The molecule has 0 heterocycles. The van der Waals surface area contributed by atoms with Crippen molar-refractivity contribution < 1.29 is 48.7 Å². The molecule has 416 valence electrons. The predicted octanol–water partition coefficient (Wildman–Crippen LogP) is 13.1. The highest BCUT2D eigenvalue weighted by atomic mass is 35.5. The van der Waals surface area contributed by atoms with E-state index in [4.69, 9.17) is 114 Å². The summed E-state index contributed by atoms with van der Waals surface area (Å²) in [4.78, 5) is 69.1. The van der Waals surface area contributed by atoms with E-state index in [1.165, 1.54) is 36.4 Å². The van der Waals surface area contributed by atoms with Crippen LogP contribution in [0.5, 0.6) is 0 Å². The largest absolute Gasteiger partial charge is 0.480 e. The molecule has 0 unspecified atom stereocenters. The second-order valence-electron chi connectivity index (χ2n) is 15.8. The number of hydrogen-bond donors (Lipinski definition) is 6. The number of carboxylic acids is 2. The molecule has 2 amide bonds. The number of hydrogen-bond acceptors (Lipinski definition) is 12. The van der Waals surface area contributed by atoms with Crippen molar-refractivity contribution in [2.75, 3.05) is 46.0 Å². The SMILES string of the molecule is ClCCl.ClCCl.ClCCl.ClCCl.Nc1ccc(C[C@H](NC(=O)OCC2c3ccccc3-c3ccccc32)C(=O)O)cc1[N+](=O)[O-].Nc1ccc(C[C@H](NC(=O)OCC2c3ccccc3-c3ccccc32)C(=O)O)cc1[N+](=O)[O-]. The minimum Gasteiger partial charge on any atom is -0.480 e. The third-order valence-corrected chi connectivity index (χ3v) is 11.3. The summed E-state index contributed by atoms with van der Waals surface area (Å²) in [6.07, 6.45) is -2.09. The highest BCUT2D eigenvalue weighted by molar-refractivity contribution is 6.41. The molecule has 0 saturated carbocycles. The van der Waals surface area contributed by atoms with Crippen LogP contribution >= 0.6 is 92.8 Å². The smallest absolute Gasteiger partial charge is 0.407 e. The van der Waals surface area contributed by atoms with Crippen LogP contribution < -0.4 is 22.1 Å². The van der Waals surface area contributed by atoms with E-state index in [0.29, 0.717) is 11.1 Å². The zero-order valence-corrected chi connectivity index (χ0v) is 46.8. The number of nitrogens with one attached hydrogen (secondary N) is 2. The van der Waals surface area contributed by atoms with Crippen LogP contribution in [-0.4, -0.2) is 90.8 Å². The predicted molar refractivity (Wildman–Crippen MR) is 308 cm³/mol. The Morgan fingerprint density at radius 1 is 0.487 bits per heavy atom. The van der Waals surface area contributed by atoms with E-state index in [1.54, 1.807) is 0 Å². The lowest BCUT2D eigenvalue weighted by molar-refractivity contribution is -0.384. The maximum atomic E-state index is 12.4. The molecule has 2 aliphatic carbocycles. The molecule has 18 nitrogen and oxygen atoms in total. The van der Waals surface area contributed by atoms with E-state index < -0.39 is 46.1 Å². The van der Waals surface area contributed by atoms with Crippen LogP contribution in [0.15, 0.2) is 133 Å². The molecule has 2 atom stereocenters. The number of nitro benzene ring substituents is 2. The molecule has 78 heavy (non-hydrogen) atoms. The number of nitrogen functional groups attached to an aromatic ring is 2. The van der Waals surface area contributed by atoms with E-state index in [2.05, 4.69) is 10.6 Å². The molecule has 26 heteroatoms. The molecule has 8 rings (SSSR count). The number of alkyl carbamates (subject to hydrolysis) is 2. The average Bonchev–Trinajstić information content (AvgIpc) is 3.91. The number of nitrogens with two attached hydrogens (primary N) is 2. The number of carbonyl (C=O) groups is 4. The molecule has 0 fully saturated rings. The normalized spacial score (nSPS) is 11.9. The Labute approximate surface area is 488 Å². The van der Waals surface area contributed by atoms with Gasteiger partial charge in [0, 0.05) is 36.8 Å². The quantitative estimate of drug-likeness (QED) is 0.0256. The van der Waals surface area contributed by atoms with E-state index in [-0.39, 0.29) is 82.0 Å². The lowest BCUT2D eigenvalue weighted by Gasteiger charge is -2.17. The molecular weight excluding hydrogens is 1180 g/mol. The zero-order chi connectivity index (χ0) is 57.9. The number of benzene rings is 6. The van der Waals surface area contributed by atoms with E-state index in [1.807, 2.05) is 97.1 Å². The number of aliphatic carboxylic acids is 2. The second-order valence-corrected chi connectivity index (χ2v) is 19.1. The summed E-state index contributed by atoms with van der Waals surface area (Å²) in [5.74, 6) is -2.90. The molecule has 6 aromatic rings. The van der Waals surface area contributed by atoms with E-state index >= 15 is 0 Å². The van der Waals surface area contributed by atoms with Crippen LogP contribution in [-0.2, 0) is 31.9 Å². The summed E-state index contributed by atoms with van der Waals surface area (Å²) < 4.78 is 10.8. The number of carbonyl (C=O) groups excluding carboxylic acids is 2. The summed E-state index contributed by atoms with van der Waals surface area (Å²) >= 11 is 38.1. The van der Waals surface area contributed by atoms with Crippen LogP contribution in [0, 0.1) is 20.2 Å². The number of amides is 2. The average molecular weight is 1230 g/mol. The van der Waals surface area contributed by atoms with Crippen LogP contribution in [0.3, 0.4) is 0 Å². The summed E-state index contributed by atoms with van der Waals surface area (Å²) in [7, 11) is 0. The maximum Gasteiger partial charge on any atom is 0.407 e. The molecule has 0 aliphatic heterocycles. The Morgan fingerprint density at radius 2 is 0.744 bits per heavy atom. The Bertz CT molecular complexity index is 2690. The van der Waals surface area contributed by atoms with Gasteiger partial charge in [0.1, 0.15) is 36.7 Å². The van der Waals surface area contributed by atoms with Gasteiger partial charge in [0.05, 0.1) is 31.2 Å². The summed E-state index contributed by atoms with van der Waals surface area (Å²) in [5, 5.41) is 46.7. The fourth-order valence-corrected chi connectivity index (χ4v) is 8.18. The first kappa shape index (κ1) is 65.8. The Balaban J connectivity index is 0.000000341. The maximum absolute atomic E-state index is 12.4. The first-order valence-electron chi connectivity index (χ1n) is 22.6. The minimum atomic E-state index is -1.33. The number of anilines is 2. The van der Waals surface area contributed by atoms with Crippen molar-refractivity contribution in [3.63, 3.8) is 0 Å². The first-order chi connectivity index (χ1) is 37.3. The van der Waals surface area contributed by atoms with Gasteiger partial charge in [-0.1, -0.05) is 109 Å². The minimum absolute atomic E-state index is 0.0277. The number of nitro groups is 2. The van der Waals surface area contributed by atoms with Crippen molar-refractivity contribution in [1.82, 2.24) is 10.6 Å². The van der Waals surface area contributed by atoms with Gasteiger partial charge in [-0.05, 0) is 67.8 Å². The van der Waals surface area contributed by atoms with Gasteiger partial charge in [-0.2, -0.15) is 0 Å². The van der Waals surface area contributed by atoms with Crippen molar-refractivity contribution in [2.24, 2.45) is 0 Å². The molecule has 0 spiro atoms. The number of rotatable bonds is 14. The molecular formula is C52H50Cl8N6O12. The third kappa shape index (κ3) is 19.5. The van der Waals surface area contributed by atoms with Crippen LogP contribution in [0.25, 0.3) is 22.3 Å². The van der Waals surface area contributed by atoms with E-state index in [9.17, 15) is 49.6 Å². The summed E-state index contributed by atoms with van der Waals surface area (Å²) in [6, 6.07) is 36.8. The fraction of sp³-hybridized carbons (Fsp3) is 0.231. The summed E-state index contributed by atoms with van der Waals surface area (Å²) in [5.41, 5.74) is 19.6. The van der Waals surface area contributed by atoms with Crippen LogP contribution in [0.4, 0.5) is 32.3 Å². The first-order valence-corrected chi connectivity index (χ1v) is 26.9. The second kappa shape index (κ2) is 34.4. The highest BCUT2D eigenvalue weighted by Gasteiger charge is 2.32. The molecule has 0 bridgehead atoms. The van der Waals surface area contributed by atoms with Crippen molar-refractivity contribution in [2.45, 2.75) is 36.8 Å². The molecule has 0 aromatic heterocycles. The highest BCUT2D eigenvalue weighted by Crippen LogP contribution is 2.45. The number of halogens is 8. The monoisotopic (exact) mass is 1230 g/mol. The topological polar surface area (TPSA) is 290 Å². The molecule has 0 radical (unpaired) electrons. The lowest BCUT2D eigenvalue weighted by atomic mass is 9.98. The van der Waals surface area contributed by atoms with Crippen molar-refractivity contribution >= 4 is 140 Å². The van der Waals surface area contributed by atoms with Gasteiger partial charge >= 0.3 is 24.1 Å². The number of fused-ring (bicyclic) bond motifs is 6. The molecule has 2 aliphatic rings. The Morgan fingerprint density at radius 3 is 0.987 bits per heavy atom. The number of carboxylic acid groups (broad SMARTS) is 2. The van der Waals surface area contributed by atoms with Gasteiger partial charge in [0.2, 0.25) is 0 Å². The van der Waals surface area contributed by atoms with Gasteiger partial charge in [0.25, 0.3) is 11.4 Å². The van der Waals surface area contributed by atoms with Crippen LogP contribution in [0.1, 0.15) is 45.2 Å². The van der Waals surface area contributed by atoms with Gasteiger partial charge in [0.15, 0.2) is 0 Å². The van der Waals surface area contributed by atoms with Gasteiger partial charge < -0.3 is 41.8 Å². The molecule has 0 saturated heterocycles. The van der Waals surface area contributed by atoms with Crippen molar-refractivity contribution in [3.05, 3.63) is 187 Å². The zero-order valence-electron chi connectivity index (χ0n) is 40.7. The number of nitrogens with zero attached hydrogens (tertiary/aromatic N) is 2. The lowest BCUT2D eigenvalue weighted by Crippen LogP contribution is -2.42. The van der Waals surface area contributed by atoms with Crippen molar-refractivity contribution in [3.8, 4) is 22.3 Å². The molecule has 8 N–H and O–H groups in total. The third-order valence-electron chi connectivity index (χ3n) is 11.3.